The number of hydrogen-bond donors (Lipinski definition) is 0. The van der Waals surface area contributed by atoms with Gasteiger partial charge >= 0.3 is 21.7 Å². The third kappa shape index (κ3) is 8.63. The average Bonchev–Trinajstić information content (AvgIpc) is 3.08. The molecule has 0 saturated heterocycles. The van der Waals surface area contributed by atoms with Crippen LogP contribution in [0.15, 0.2) is 60.2 Å². The predicted octanol–water partition coefficient (Wildman–Crippen LogP) is -0.570. The first-order valence-electron chi connectivity index (χ1n) is 6.77. The van der Waals surface area contributed by atoms with Crippen molar-refractivity contribution in [3.05, 3.63) is 66.3 Å². The monoisotopic (exact) mass is 538 g/mol. The third-order valence-corrected chi connectivity index (χ3v) is 3.11. The summed E-state index contributed by atoms with van der Waals surface area (Å²) >= 11 is 0. The molecule has 0 saturated carbocycles. The molecule has 1 aliphatic rings. The Balaban J connectivity index is 0. The van der Waals surface area contributed by atoms with E-state index in [9.17, 15) is 0 Å². The minimum atomic E-state index is 0. The van der Waals surface area contributed by atoms with Crippen molar-refractivity contribution in [2.24, 2.45) is 0 Å². The van der Waals surface area contributed by atoms with E-state index in [-0.39, 0.29) is 69.7 Å². The van der Waals surface area contributed by atoms with Crippen LogP contribution in [0.5, 0.6) is 0 Å². The van der Waals surface area contributed by atoms with E-state index in [0.717, 1.165) is 6.42 Å². The molecule has 3 rings (SSSR count). The molecule has 0 aromatic heterocycles. The van der Waals surface area contributed by atoms with Crippen LogP contribution in [-0.4, -0.2) is 0 Å². The van der Waals surface area contributed by atoms with E-state index >= 15 is 0 Å². The number of hydrogen-bond acceptors (Lipinski definition) is 0. The summed E-state index contributed by atoms with van der Waals surface area (Å²) in [5, 5.41) is 2.66. The maximum atomic E-state index is 3.30. The first-order valence-corrected chi connectivity index (χ1v) is 6.77. The molecule has 110 valence electrons. The van der Waals surface area contributed by atoms with Gasteiger partial charge in [0.2, 0.25) is 0 Å². The molecule has 2 aromatic rings. The van der Waals surface area contributed by atoms with Crippen molar-refractivity contribution in [2.75, 3.05) is 0 Å². The van der Waals surface area contributed by atoms with Crippen LogP contribution in [0.25, 0.3) is 10.8 Å². The molecule has 0 N–H and O–H groups in total. The van der Waals surface area contributed by atoms with Gasteiger partial charge in [0.05, 0.1) is 0 Å². The summed E-state index contributed by atoms with van der Waals surface area (Å²) in [7, 11) is 0. The normalized spacial score (nSPS) is 11.4. The van der Waals surface area contributed by atoms with E-state index in [2.05, 4.69) is 67.6 Å². The van der Waals surface area contributed by atoms with Gasteiger partial charge < -0.3 is 48.0 Å². The van der Waals surface area contributed by atoms with Gasteiger partial charge in [0, 0.05) is 0 Å². The van der Waals surface area contributed by atoms with Gasteiger partial charge in [-0.05, 0) is 0 Å². The van der Waals surface area contributed by atoms with E-state index in [1.165, 1.54) is 35.6 Å². The van der Waals surface area contributed by atoms with Crippen LogP contribution in [-0.2, 0) is 21.7 Å². The summed E-state index contributed by atoms with van der Waals surface area (Å²) in [5.74, 6) is 0. The van der Waals surface area contributed by atoms with Crippen molar-refractivity contribution in [1.29, 1.82) is 0 Å². The summed E-state index contributed by atoms with van der Waals surface area (Å²) in [4.78, 5) is 0. The molecule has 0 aliphatic heterocycles. The van der Waals surface area contributed by atoms with E-state index in [1.807, 2.05) is 0 Å². The fourth-order valence-corrected chi connectivity index (χ4v) is 2.06. The van der Waals surface area contributed by atoms with Crippen LogP contribution in [0.2, 0.25) is 0 Å². The Morgan fingerprint density at radius 2 is 1.90 bits per heavy atom. The van der Waals surface area contributed by atoms with Gasteiger partial charge in [0.15, 0.2) is 0 Å². The minimum absolute atomic E-state index is 0. The minimum Gasteiger partial charge on any atom is -1.00 e. The number of unbranched alkanes of at least 4 members (excludes halogenated alkanes) is 1. The van der Waals surface area contributed by atoms with Crippen molar-refractivity contribution in [3.8, 4) is 0 Å². The van der Waals surface area contributed by atoms with Gasteiger partial charge in [-0.15, -0.1) is 36.1 Å². The fourth-order valence-electron chi connectivity index (χ4n) is 2.06. The molecule has 1 aliphatic carbocycles. The first kappa shape index (κ1) is 23.7. The van der Waals surface area contributed by atoms with Gasteiger partial charge in [-0.25, -0.2) is 11.6 Å². The molecule has 21 heavy (non-hydrogen) atoms. The topological polar surface area (TPSA) is 0 Å². The van der Waals surface area contributed by atoms with Gasteiger partial charge in [0.25, 0.3) is 0 Å². The molecule has 0 atom stereocenters. The molecular formula is C18H20I2Ti. The Labute approximate surface area is 177 Å². The standard InChI is InChI=1S/C9H7.C9H13.2HI.Ti/c1-2-5-9-7-3-6-8(9)4-1;1-2-3-6-9-7-4-5-8-9;;;/h1-7H;4,7H,2-3,5-6H2,1H3;2*1H;/q2*-1;;;+4/p-2. The Kier molecular flexibility index (Phi) is 15.9. The maximum Gasteiger partial charge on any atom is 4.00 e. The van der Waals surface area contributed by atoms with Gasteiger partial charge in [-0.1, -0.05) is 32.3 Å². The van der Waals surface area contributed by atoms with Crippen molar-refractivity contribution in [2.45, 2.75) is 32.6 Å². The molecule has 0 unspecified atom stereocenters. The zero-order valence-electron chi connectivity index (χ0n) is 12.3. The predicted molar refractivity (Wildman–Crippen MR) is 79.6 cm³/mol. The summed E-state index contributed by atoms with van der Waals surface area (Å²) in [6, 6.07) is 14.7. The molecule has 3 heteroatoms. The van der Waals surface area contributed by atoms with Crippen LogP contribution in [0.4, 0.5) is 0 Å². The van der Waals surface area contributed by atoms with Crippen LogP contribution in [0.1, 0.15) is 32.6 Å². The van der Waals surface area contributed by atoms with Crippen LogP contribution >= 0.6 is 0 Å². The molecular weight excluding hydrogens is 518 g/mol. The Morgan fingerprint density at radius 1 is 1.14 bits per heavy atom. The largest absolute Gasteiger partial charge is 4.00 e. The Morgan fingerprint density at radius 3 is 2.52 bits per heavy atom. The quantitative estimate of drug-likeness (QED) is 0.280. The van der Waals surface area contributed by atoms with Crippen LogP contribution < -0.4 is 48.0 Å². The van der Waals surface area contributed by atoms with Crippen molar-refractivity contribution in [3.63, 3.8) is 0 Å². The van der Waals surface area contributed by atoms with Crippen molar-refractivity contribution < 1.29 is 69.7 Å². The molecule has 0 heterocycles. The SMILES string of the molecule is CCCCC1=[C-]CC=C1.[I-].[I-].[Ti+4].c1ccc2[cH-]ccc2c1. The summed E-state index contributed by atoms with van der Waals surface area (Å²) in [6.45, 7) is 2.22. The van der Waals surface area contributed by atoms with Gasteiger partial charge in [-0.2, -0.15) is 23.6 Å². The number of halogens is 2. The van der Waals surface area contributed by atoms with E-state index < -0.39 is 0 Å². The zero-order valence-corrected chi connectivity index (χ0v) is 18.2. The average molecular weight is 538 g/mol. The number of benzene rings is 1. The second-order valence-electron chi connectivity index (χ2n) is 4.57. The second kappa shape index (κ2) is 14.1. The van der Waals surface area contributed by atoms with Crippen LogP contribution in [0.3, 0.4) is 0 Å². The zero-order chi connectivity index (χ0) is 12.6. The Hall–Kier alpha value is 0.484. The number of fused-ring (bicyclic) bond motifs is 1. The molecule has 2 aromatic carbocycles. The van der Waals surface area contributed by atoms with Crippen molar-refractivity contribution in [1.82, 2.24) is 0 Å². The third-order valence-electron chi connectivity index (χ3n) is 3.11. The van der Waals surface area contributed by atoms with E-state index in [4.69, 9.17) is 0 Å². The molecule has 0 nitrogen and oxygen atoms in total. The molecule has 0 amide bonds. The maximum absolute atomic E-state index is 3.30. The van der Waals surface area contributed by atoms with Gasteiger partial charge in [-0.3, -0.25) is 6.08 Å². The molecule has 0 fully saturated rings. The Bertz CT molecular complexity index is 511. The van der Waals surface area contributed by atoms with Crippen molar-refractivity contribution >= 4 is 10.8 Å². The van der Waals surface area contributed by atoms with Gasteiger partial charge in [0.1, 0.15) is 0 Å². The number of allylic oxidation sites excluding steroid dienone is 4. The molecule has 0 bridgehead atoms. The summed E-state index contributed by atoms with van der Waals surface area (Å²) < 4.78 is 0. The summed E-state index contributed by atoms with van der Waals surface area (Å²) in [6.07, 6.45) is 12.5. The fraction of sp³-hybridized carbons (Fsp3) is 0.278. The second-order valence-corrected chi connectivity index (χ2v) is 4.57. The van der Waals surface area contributed by atoms with E-state index in [0.29, 0.717) is 0 Å². The first-order chi connectivity index (χ1) is 8.90. The molecule has 0 spiro atoms. The summed E-state index contributed by atoms with van der Waals surface area (Å²) in [5.41, 5.74) is 1.41. The smallest absolute Gasteiger partial charge is 1.00 e. The van der Waals surface area contributed by atoms with Crippen LogP contribution in [0, 0.1) is 6.08 Å². The van der Waals surface area contributed by atoms with E-state index in [1.54, 1.807) is 0 Å². The molecule has 0 radical (unpaired) electrons. The number of rotatable bonds is 3.